The van der Waals surface area contributed by atoms with Crippen LogP contribution in [0.25, 0.3) is 0 Å². The first-order valence-electron chi connectivity index (χ1n) is 5.90. The first kappa shape index (κ1) is 14.2. The van der Waals surface area contributed by atoms with Gasteiger partial charge in [-0.3, -0.25) is 0 Å². The lowest BCUT2D eigenvalue weighted by Gasteiger charge is -2.28. The minimum Gasteiger partial charge on any atom is -0.398 e. The maximum Gasteiger partial charge on any atom is 0.250 e. The van der Waals surface area contributed by atoms with Crippen LogP contribution >= 0.6 is 23.1 Å². The highest BCUT2D eigenvalue weighted by molar-refractivity contribution is 7.99. The Hall–Kier alpha value is -0.240. The molecule has 4 nitrogen and oxygen atoms in total. The monoisotopic (exact) mass is 306 g/mol. The summed E-state index contributed by atoms with van der Waals surface area (Å²) < 4.78 is 27.4. The molecule has 102 valence electrons. The van der Waals surface area contributed by atoms with Crippen LogP contribution in [0.3, 0.4) is 0 Å². The molecule has 2 unspecified atom stereocenters. The maximum absolute atomic E-state index is 12.1. The standard InChI is InChI=1S/C11H18N2O2S3/c1-16-10-4-2-3-9(6-10)13-18(14,15)11-5-8(12)7-17-11/h5,7,9-10,13H,2-4,6,12H2,1H3. The Morgan fingerprint density at radius 2 is 2.28 bits per heavy atom. The van der Waals surface area contributed by atoms with Crippen molar-refractivity contribution in [3.05, 3.63) is 11.4 Å². The lowest BCUT2D eigenvalue weighted by Crippen LogP contribution is -2.38. The van der Waals surface area contributed by atoms with E-state index in [0.717, 1.165) is 19.3 Å². The summed E-state index contributed by atoms with van der Waals surface area (Å²) in [5.41, 5.74) is 6.07. The van der Waals surface area contributed by atoms with Crippen LogP contribution in [-0.4, -0.2) is 26.0 Å². The third-order valence-electron chi connectivity index (χ3n) is 3.14. The molecule has 0 bridgehead atoms. The first-order chi connectivity index (χ1) is 8.51. The number of nitrogens with two attached hydrogens (primary N) is 1. The maximum atomic E-state index is 12.1. The molecule has 7 heteroatoms. The van der Waals surface area contributed by atoms with Crippen LogP contribution in [0.2, 0.25) is 0 Å². The molecule has 1 saturated carbocycles. The average molecular weight is 306 g/mol. The lowest BCUT2D eigenvalue weighted by molar-refractivity contribution is 0.421. The quantitative estimate of drug-likeness (QED) is 0.895. The van der Waals surface area contributed by atoms with E-state index in [2.05, 4.69) is 11.0 Å². The number of rotatable bonds is 4. The molecule has 0 radical (unpaired) electrons. The molecule has 1 fully saturated rings. The van der Waals surface area contributed by atoms with Gasteiger partial charge in [0.05, 0.1) is 0 Å². The van der Waals surface area contributed by atoms with Crippen LogP contribution in [0, 0.1) is 0 Å². The number of sulfonamides is 1. The van der Waals surface area contributed by atoms with Crippen molar-refractivity contribution < 1.29 is 8.42 Å². The fraction of sp³-hybridized carbons (Fsp3) is 0.636. The predicted molar refractivity (Wildman–Crippen MR) is 78.6 cm³/mol. The van der Waals surface area contributed by atoms with E-state index < -0.39 is 10.0 Å². The molecular formula is C11H18N2O2S3. The summed E-state index contributed by atoms with van der Waals surface area (Å²) in [5.74, 6) is 0. The minimum atomic E-state index is -3.39. The fourth-order valence-corrected chi connectivity index (χ4v) is 5.42. The Morgan fingerprint density at radius 1 is 1.50 bits per heavy atom. The molecule has 1 aliphatic rings. The Kier molecular flexibility index (Phi) is 4.58. The Bertz CT molecular complexity index is 498. The number of nitrogens with one attached hydrogen (secondary N) is 1. The second kappa shape index (κ2) is 5.81. The summed E-state index contributed by atoms with van der Waals surface area (Å²) in [6, 6.07) is 1.58. The molecule has 0 aliphatic heterocycles. The molecule has 0 saturated heterocycles. The highest BCUT2D eigenvalue weighted by Crippen LogP contribution is 2.29. The van der Waals surface area contributed by atoms with Crippen molar-refractivity contribution in [1.29, 1.82) is 0 Å². The summed E-state index contributed by atoms with van der Waals surface area (Å²) >= 11 is 2.99. The second-order valence-electron chi connectivity index (χ2n) is 4.54. The van der Waals surface area contributed by atoms with E-state index in [0.29, 0.717) is 15.1 Å². The van der Waals surface area contributed by atoms with Gasteiger partial charge in [0.15, 0.2) is 0 Å². The van der Waals surface area contributed by atoms with Crippen molar-refractivity contribution in [2.24, 2.45) is 0 Å². The molecular weight excluding hydrogens is 288 g/mol. The molecule has 0 spiro atoms. The first-order valence-corrected chi connectivity index (χ1v) is 9.55. The summed E-state index contributed by atoms with van der Waals surface area (Å²) in [4.78, 5) is 0. The highest BCUT2D eigenvalue weighted by atomic mass is 32.2. The van der Waals surface area contributed by atoms with Gasteiger partial charge in [0.2, 0.25) is 10.0 Å². The van der Waals surface area contributed by atoms with E-state index in [1.807, 2.05) is 11.8 Å². The van der Waals surface area contributed by atoms with Crippen molar-refractivity contribution in [2.45, 2.75) is 41.2 Å². The van der Waals surface area contributed by atoms with Crippen molar-refractivity contribution in [3.8, 4) is 0 Å². The summed E-state index contributed by atoms with van der Waals surface area (Å²) in [6.07, 6.45) is 6.20. The molecule has 3 N–H and O–H groups in total. The number of hydrogen-bond donors (Lipinski definition) is 2. The number of anilines is 1. The zero-order valence-electron chi connectivity index (χ0n) is 10.3. The van der Waals surface area contributed by atoms with E-state index in [-0.39, 0.29) is 6.04 Å². The van der Waals surface area contributed by atoms with Crippen molar-refractivity contribution in [2.75, 3.05) is 12.0 Å². The molecule has 2 atom stereocenters. The number of hydrogen-bond acceptors (Lipinski definition) is 5. The largest absolute Gasteiger partial charge is 0.398 e. The topological polar surface area (TPSA) is 72.2 Å². The van der Waals surface area contributed by atoms with Crippen LogP contribution in [0.4, 0.5) is 5.69 Å². The molecule has 1 heterocycles. The lowest BCUT2D eigenvalue weighted by atomic mass is 9.96. The predicted octanol–water partition coefficient (Wildman–Crippen LogP) is 2.28. The number of thiophene rings is 1. The van der Waals surface area contributed by atoms with Crippen LogP contribution in [-0.2, 0) is 10.0 Å². The van der Waals surface area contributed by atoms with E-state index in [4.69, 9.17) is 5.73 Å². The molecule has 2 rings (SSSR count). The normalized spacial score (nSPS) is 25.2. The number of nitrogen functional groups attached to an aromatic ring is 1. The Morgan fingerprint density at radius 3 is 2.89 bits per heavy atom. The Labute approximate surface area is 116 Å². The molecule has 0 amide bonds. The van der Waals surface area contributed by atoms with Gasteiger partial charge in [-0.2, -0.15) is 11.8 Å². The third kappa shape index (κ3) is 3.40. The fourth-order valence-electron chi connectivity index (χ4n) is 2.21. The van der Waals surface area contributed by atoms with E-state index in [1.165, 1.54) is 23.8 Å². The van der Waals surface area contributed by atoms with Gasteiger partial charge in [-0.1, -0.05) is 6.42 Å². The van der Waals surface area contributed by atoms with Crippen LogP contribution in [0.1, 0.15) is 25.7 Å². The van der Waals surface area contributed by atoms with Crippen molar-refractivity contribution in [1.82, 2.24) is 4.72 Å². The molecule has 1 aromatic heterocycles. The van der Waals surface area contributed by atoms with Crippen molar-refractivity contribution >= 4 is 38.8 Å². The van der Waals surface area contributed by atoms with Crippen LogP contribution < -0.4 is 10.5 Å². The molecule has 1 aromatic rings. The van der Waals surface area contributed by atoms with Gasteiger partial charge in [0, 0.05) is 22.4 Å². The number of thioether (sulfide) groups is 1. The summed E-state index contributed by atoms with van der Waals surface area (Å²) in [6.45, 7) is 0. The van der Waals surface area contributed by atoms with E-state index >= 15 is 0 Å². The van der Waals surface area contributed by atoms with Crippen LogP contribution in [0.15, 0.2) is 15.7 Å². The molecule has 1 aliphatic carbocycles. The van der Waals surface area contributed by atoms with Gasteiger partial charge in [0.25, 0.3) is 0 Å². The zero-order valence-corrected chi connectivity index (χ0v) is 12.7. The summed E-state index contributed by atoms with van der Waals surface area (Å²) in [7, 11) is -3.39. The Balaban J connectivity index is 2.04. The van der Waals surface area contributed by atoms with E-state index in [1.54, 1.807) is 5.38 Å². The zero-order chi connectivity index (χ0) is 13.2. The van der Waals surface area contributed by atoms with Crippen LogP contribution in [0.5, 0.6) is 0 Å². The average Bonchev–Trinajstić information content (AvgIpc) is 2.76. The minimum absolute atomic E-state index is 0.0597. The van der Waals surface area contributed by atoms with Gasteiger partial charge >= 0.3 is 0 Å². The van der Waals surface area contributed by atoms with Gasteiger partial charge < -0.3 is 5.73 Å². The molecule has 0 aromatic carbocycles. The van der Waals surface area contributed by atoms with Crippen molar-refractivity contribution in [3.63, 3.8) is 0 Å². The third-order valence-corrected chi connectivity index (χ3v) is 7.21. The highest BCUT2D eigenvalue weighted by Gasteiger charge is 2.26. The van der Waals surface area contributed by atoms with E-state index in [9.17, 15) is 8.42 Å². The smallest absolute Gasteiger partial charge is 0.250 e. The SMILES string of the molecule is CSC1CCCC(NS(=O)(=O)c2cc(N)cs2)C1. The summed E-state index contributed by atoms with van der Waals surface area (Å²) in [5, 5.41) is 2.22. The van der Waals surface area contributed by atoms with Gasteiger partial charge in [-0.05, 0) is 31.6 Å². The second-order valence-corrected chi connectivity index (χ2v) is 8.53. The molecule has 18 heavy (non-hydrogen) atoms. The van der Waals surface area contributed by atoms with Gasteiger partial charge in [0.1, 0.15) is 4.21 Å². The van der Waals surface area contributed by atoms with Gasteiger partial charge in [-0.15, -0.1) is 11.3 Å². The van der Waals surface area contributed by atoms with Gasteiger partial charge in [-0.25, -0.2) is 13.1 Å².